The molecule has 2 aromatic heterocycles. The molecule has 7 nitrogen and oxygen atoms in total. The van der Waals surface area contributed by atoms with E-state index in [1.165, 1.54) is 18.3 Å². The molecule has 0 aliphatic carbocycles. The zero-order valence-electron chi connectivity index (χ0n) is 13.5. The molecule has 1 aromatic carbocycles. The number of carboxylic acid groups (broad SMARTS) is 1. The van der Waals surface area contributed by atoms with Gasteiger partial charge in [0.1, 0.15) is 0 Å². The molecule has 25 heavy (non-hydrogen) atoms. The Balaban J connectivity index is 1.89. The average molecular weight is 358 g/mol. The summed E-state index contributed by atoms with van der Waals surface area (Å²) in [4.78, 5) is 19.7. The number of nitrogens with zero attached hydrogens (tertiary/aromatic N) is 4. The van der Waals surface area contributed by atoms with Crippen molar-refractivity contribution in [3.8, 4) is 11.3 Å². The molecule has 0 aliphatic heterocycles. The molecule has 0 aliphatic rings. The topological polar surface area (TPSA) is 92.9 Å². The Morgan fingerprint density at radius 3 is 2.96 bits per heavy atom. The van der Waals surface area contributed by atoms with Gasteiger partial charge in [-0.15, -0.1) is 0 Å². The fourth-order valence-electron chi connectivity index (χ4n) is 2.34. The van der Waals surface area contributed by atoms with Crippen LogP contribution in [-0.4, -0.2) is 30.8 Å². The Kier molecular flexibility index (Phi) is 4.95. The van der Waals surface area contributed by atoms with Gasteiger partial charge >= 0.3 is 5.97 Å². The van der Waals surface area contributed by atoms with Crippen molar-refractivity contribution >= 4 is 29.2 Å². The van der Waals surface area contributed by atoms with Crippen LogP contribution in [0.5, 0.6) is 0 Å². The number of carboxylic acids is 1. The van der Waals surface area contributed by atoms with E-state index in [4.69, 9.17) is 16.7 Å². The van der Waals surface area contributed by atoms with E-state index < -0.39 is 5.97 Å². The van der Waals surface area contributed by atoms with E-state index in [-0.39, 0.29) is 5.56 Å². The summed E-state index contributed by atoms with van der Waals surface area (Å²) < 4.78 is 1.83. The van der Waals surface area contributed by atoms with Gasteiger partial charge in [0.2, 0.25) is 5.95 Å². The predicted octanol–water partition coefficient (Wildman–Crippen LogP) is 3.85. The van der Waals surface area contributed by atoms with Crippen LogP contribution < -0.4 is 5.32 Å². The quantitative estimate of drug-likeness (QED) is 0.696. The highest BCUT2D eigenvalue weighted by atomic mass is 35.5. The van der Waals surface area contributed by atoms with Crippen LogP contribution in [-0.2, 0) is 6.54 Å². The van der Waals surface area contributed by atoms with Crippen molar-refractivity contribution in [1.29, 1.82) is 0 Å². The van der Waals surface area contributed by atoms with Gasteiger partial charge in [0, 0.05) is 18.3 Å². The number of carbonyl (C=O) groups is 1. The van der Waals surface area contributed by atoms with Crippen LogP contribution in [0.3, 0.4) is 0 Å². The highest BCUT2D eigenvalue weighted by Crippen LogP contribution is 2.27. The molecule has 128 valence electrons. The standard InChI is InChI=1S/C17H16ClN5O2/c1-2-6-23-10-13(8-20-23)21-17-19-9-14(18)15(22-17)11-4-3-5-12(7-11)16(24)25/h3-5,7-10H,2,6H2,1H3,(H,24,25)(H,19,21,22). The summed E-state index contributed by atoms with van der Waals surface area (Å²) >= 11 is 6.19. The molecule has 8 heteroatoms. The molecule has 0 amide bonds. The number of aryl methyl sites for hydroxylation is 1. The molecule has 0 saturated carbocycles. The summed E-state index contributed by atoms with van der Waals surface area (Å²) in [5.41, 5.74) is 2.00. The molecule has 3 rings (SSSR count). The minimum atomic E-state index is -1.01. The summed E-state index contributed by atoms with van der Waals surface area (Å²) in [6.07, 6.45) is 6.03. The van der Waals surface area contributed by atoms with E-state index in [0.29, 0.717) is 22.2 Å². The number of halogens is 1. The second-order valence-corrected chi connectivity index (χ2v) is 5.80. The Bertz CT molecular complexity index is 910. The van der Waals surface area contributed by atoms with Crippen molar-refractivity contribution in [3.05, 3.63) is 53.4 Å². The third-order valence-corrected chi connectivity index (χ3v) is 3.75. The lowest BCUT2D eigenvalue weighted by Gasteiger charge is -2.07. The number of hydrogen-bond acceptors (Lipinski definition) is 5. The van der Waals surface area contributed by atoms with E-state index in [0.717, 1.165) is 18.7 Å². The first-order valence-electron chi connectivity index (χ1n) is 7.72. The molecule has 2 N–H and O–H groups in total. The number of aromatic carboxylic acids is 1. The number of hydrogen-bond donors (Lipinski definition) is 2. The van der Waals surface area contributed by atoms with E-state index in [2.05, 4.69) is 27.3 Å². The Morgan fingerprint density at radius 2 is 2.20 bits per heavy atom. The second-order valence-electron chi connectivity index (χ2n) is 5.39. The lowest BCUT2D eigenvalue weighted by Crippen LogP contribution is -2.00. The van der Waals surface area contributed by atoms with E-state index in [1.54, 1.807) is 18.3 Å². The fraction of sp³-hybridized carbons (Fsp3) is 0.176. The summed E-state index contributed by atoms with van der Waals surface area (Å²) in [5, 5.41) is 16.8. The van der Waals surface area contributed by atoms with Gasteiger partial charge in [0.25, 0.3) is 0 Å². The minimum Gasteiger partial charge on any atom is -0.478 e. The lowest BCUT2D eigenvalue weighted by molar-refractivity contribution is 0.0697. The molecule has 0 saturated heterocycles. The average Bonchev–Trinajstić information content (AvgIpc) is 3.04. The van der Waals surface area contributed by atoms with Crippen molar-refractivity contribution in [2.24, 2.45) is 0 Å². The number of nitrogens with one attached hydrogen (secondary N) is 1. The van der Waals surface area contributed by atoms with Gasteiger partial charge in [0.15, 0.2) is 0 Å². The summed E-state index contributed by atoms with van der Waals surface area (Å²) in [7, 11) is 0. The molecule has 0 spiro atoms. The zero-order valence-corrected chi connectivity index (χ0v) is 14.2. The van der Waals surface area contributed by atoms with E-state index in [1.807, 2.05) is 10.9 Å². The smallest absolute Gasteiger partial charge is 0.335 e. The summed E-state index contributed by atoms with van der Waals surface area (Å²) in [6.45, 7) is 2.91. The van der Waals surface area contributed by atoms with Crippen LogP contribution in [0.1, 0.15) is 23.7 Å². The second kappa shape index (κ2) is 7.31. The highest BCUT2D eigenvalue weighted by Gasteiger charge is 2.11. The molecule has 0 fully saturated rings. The lowest BCUT2D eigenvalue weighted by atomic mass is 10.1. The van der Waals surface area contributed by atoms with Crippen molar-refractivity contribution in [2.75, 3.05) is 5.32 Å². The van der Waals surface area contributed by atoms with Gasteiger partial charge in [-0.05, 0) is 18.6 Å². The Hall–Kier alpha value is -2.93. The number of rotatable bonds is 6. The Labute approximate surface area is 149 Å². The molecule has 0 radical (unpaired) electrons. The first kappa shape index (κ1) is 16.9. The monoisotopic (exact) mass is 357 g/mol. The molecule has 3 aromatic rings. The molecular formula is C17H16ClN5O2. The van der Waals surface area contributed by atoms with E-state index in [9.17, 15) is 4.79 Å². The van der Waals surface area contributed by atoms with Crippen molar-refractivity contribution in [3.63, 3.8) is 0 Å². The van der Waals surface area contributed by atoms with Crippen LogP contribution >= 0.6 is 11.6 Å². The van der Waals surface area contributed by atoms with Gasteiger partial charge in [0.05, 0.1) is 34.4 Å². The maximum Gasteiger partial charge on any atom is 0.335 e. The minimum absolute atomic E-state index is 0.169. The zero-order chi connectivity index (χ0) is 17.8. The maximum absolute atomic E-state index is 11.1. The number of aromatic nitrogens is 4. The van der Waals surface area contributed by atoms with Gasteiger partial charge in [-0.2, -0.15) is 5.10 Å². The largest absolute Gasteiger partial charge is 0.478 e. The number of anilines is 2. The molecule has 0 atom stereocenters. The van der Waals surface area contributed by atoms with Gasteiger partial charge in [-0.25, -0.2) is 14.8 Å². The van der Waals surface area contributed by atoms with Crippen LogP contribution in [0.4, 0.5) is 11.6 Å². The molecule has 0 bridgehead atoms. The highest BCUT2D eigenvalue weighted by molar-refractivity contribution is 6.32. The summed E-state index contributed by atoms with van der Waals surface area (Å²) in [5.74, 6) is -0.648. The SMILES string of the molecule is CCCn1cc(Nc2ncc(Cl)c(-c3cccc(C(=O)O)c3)n2)cn1. The van der Waals surface area contributed by atoms with Gasteiger partial charge in [-0.1, -0.05) is 30.7 Å². The molecule has 0 unspecified atom stereocenters. The van der Waals surface area contributed by atoms with E-state index >= 15 is 0 Å². The van der Waals surface area contributed by atoms with Gasteiger partial charge < -0.3 is 10.4 Å². The van der Waals surface area contributed by atoms with Crippen molar-refractivity contribution < 1.29 is 9.90 Å². The van der Waals surface area contributed by atoms with Crippen LogP contribution in [0.15, 0.2) is 42.9 Å². The third kappa shape index (κ3) is 3.95. The molecular weight excluding hydrogens is 342 g/mol. The van der Waals surface area contributed by atoms with Crippen LogP contribution in [0.25, 0.3) is 11.3 Å². The fourth-order valence-corrected chi connectivity index (χ4v) is 2.54. The van der Waals surface area contributed by atoms with Crippen molar-refractivity contribution in [2.45, 2.75) is 19.9 Å². The van der Waals surface area contributed by atoms with Crippen LogP contribution in [0.2, 0.25) is 5.02 Å². The van der Waals surface area contributed by atoms with Crippen molar-refractivity contribution in [1.82, 2.24) is 19.7 Å². The number of benzene rings is 1. The third-order valence-electron chi connectivity index (χ3n) is 3.47. The van der Waals surface area contributed by atoms with Crippen LogP contribution in [0, 0.1) is 0 Å². The first-order valence-corrected chi connectivity index (χ1v) is 8.10. The maximum atomic E-state index is 11.1. The molecule has 2 heterocycles. The Morgan fingerprint density at radius 1 is 1.36 bits per heavy atom. The first-order chi connectivity index (χ1) is 12.1. The predicted molar refractivity (Wildman–Crippen MR) is 95.2 cm³/mol. The normalized spacial score (nSPS) is 10.6. The van der Waals surface area contributed by atoms with Gasteiger partial charge in [-0.3, -0.25) is 4.68 Å². The summed E-state index contributed by atoms with van der Waals surface area (Å²) in [6, 6.07) is 6.45.